The van der Waals surface area contributed by atoms with Crippen molar-refractivity contribution in [3.05, 3.63) is 75.2 Å². The molecule has 0 aliphatic heterocycles. The number of aromatic nitrogens is 2. The molecule has 8 nitrogen and oxygen atoms in total. The average molecular weight is 699 g/mol. The van der Waals surface area contributed by atoms with Gasteiger partial charge < -0.3 is 25.3 Å². The molecule has 0 aliphatic carbocycles. The highest BCUT2D eigenvalue weighted by Crippen LogP contribution is 2.33. The number of rotatable bonds is 11. The van der Waals surface area contributed by atoms with Crippen molar-refractivity contribution in [3.63, 3.8) is 0 Å². The first-order valence-electron chi connectivity index (χ1n) is 13.4. The fourth-order valence-electron chi connectivity index (χ4n) is 4.10. The second-order valence-corrected chi connectivity index (χ2v) is 12.1. The number of alkyl halides is 4. The second kappa shape index (κ2) is 13.9. The molecule has 0 bridgehead atoms. The molecule has 0 radical (unpaired) electrons. The van der Waals surface area contributed by atoms with Crippen molar-refractivity contribution in [3.8, 4) is 5.75 Å². The standard InChI is InChI=1S/C30H29BrClF4N5O3/c1-30(2,3)28(43)37-13-16-4-9-20(32)21(10-16)39-29-40-22-11-19(27(42)38-18-7-5-17(31)6-8-18)24(44-15-26(35)36)12-23(22)41(29)14-25(33)34/h4-12,25-26H,13-15H2,1-3H3,(H,37,43)(H,38,42)(H,39,40). The van der Waals surface area contributed by atoms with Gasteiger partial charge in [-0.05, 0) is 48.0 Å². The molecule has 0 saturated carbocycles. The fourth-order valence-corrected chi connectivity index (χ4v) is 4.53. The summed E-state index contributed by atoms with van der Waals surface area (Å²) >= 11 is 9.72. The number of hydrogen-bond donors (Lipinski definition) is 3. The van der Waals surface area contributed by atoms with Crippen molar-refractivity contribution in [1.29, 1.82) is 0 Å². The topological polar surface area (TPSA) is 97.3 Å². The van der Waals surface area contributed by atoms with E-state index in [0.29, 0.717) is 16.9 Å². The fraction of sp³-hybridized carbons (Fsp3) is 0.300. The van der Waals surface area contributed by atoms with Gasteiger partial charge in [0.2, 0.25) is 11.9 Å². The van der Waals surface area contributed by atoms with E-state index in [-0.39, 0.29) is 45.8 Å². The van der Waals surface area contributed by atoms with Crippen LogP contribution in [0.4, 0.5) is 34.9 Å². The van der Waals surface area contributed by atoms with Crippen LogP contribution < -0.4 is 20.7 Å². The van der Waals surface area contributed by atoms with E-state index in [4.69, 9.17) is 16.3 Å². The SMILES string of the molecule is CC(C)(C)C(=O)NCc1ccc(Cl)c(Nc2nc3cc(C(=O)Nc4ccc(Br)cc4)c(OCC(F)F)cc3n2CC(F)F)c1. The molecule has 14 heteroatoms. The van der Waals surface area contributed by atoms with Crippen molar-refractivity contribution in [2.45, 2.75) is 46.7 Å². The molecule has 0 fully saturated rings. The number of fused-ring (bicyclic) bond motifs is 1. The van der Waals surface area contributed by atoms with Gasteiger partial charge in [0.15, 0.2) is 0 Å². The molecular weight excluding hydrogens is 670 g/mol. The van der Waals surface area contributed by atoms with Gasteiger partial charge in [-0.3, -0.25) is 9.59 Å². The van der Waals surface area contributed by atoms with Crippen LogP contribution in [0.3, 0.4) is 0 Å². The van der Waals surface area contributed by atoms with E-state index in [9.17, 15) is 27.2 Å². The van der Waals surface area contributed by atoms with Gasteiger partial charge in [0.05, 0.1) is 33.9 Å². The molecule has 3 N–H and O–H groups in total. The number of carbonyl (C=O) groups is 2. The summed E-state index contributed by atoms with van der Waals surface area (Å²) in [5.41, 5.74) is 0.952. The molecule has 3 aromatic carbocycles. The lowest BCUT2D eigenvalue weighted by molar-refractivity contribution is -0.128. The predicted molar refractivity (Wildman–Crippen MR) is 165 cm³/mol. The minimum atomic E-state index is -2.85. The van der Waals surface area contributed by atoms with Crippen molar-refractivity contribution in [2.75, 3.05) is 17.2 Å². The number of ether oxygens (including phenoxy) is 1. The van der Waals surface area contributed by atoms with Crippen LogP contribution in [0.2, 0.25) is 5.02 Å². The van der Waals surface area contributed by atoms with Gasteiger partial charge in [-0.1, -0.05) is 54.4 Å². The lowest BCUT2D eigenvalue weighted by Gasteiger charge is -2.18. The van der Waals surface area contributed by atoms with E-state index in [1.54, 1.807) is 63.2 Å². The monoisotopic (exact) mass is 697 g/mol. The van der Waals surface area contributed by atoms with Crippen molar-refractivity contribution >= 4 is 67.7 Å². The Labute approximate surface area is 264 Å². The van der Waals surface area contributed by atoms with Crippen molar-refractivity contribution in [2.24, 2.45) is 5.41 Å². The highest BCUT2D eigenvalue weighted by molar-refractivity contribution is 9.10. The maximum Gasteiger partial charge on any atom is 0.272 e. The van der Waals surface area contributed by atoms with Crippen LogP contribution >= 0.6 is 27.5 Å². The molecule has 4 rings (SSSR count). The van der Waals surface area contributed by atoms with Crippen LogP contribution in [0.5, 0.6) is 5.75 Å². The van der Waals surface area contributed by atoms with E-state index in [2.05, 4.69) is 36.9 Å². The van der Waals surface area contributed by atoms with Crippen LogP contribution in [0.15, 0.2) is 59.1 Å². The molecule has 4 aromatic rings. The van der Waals surface area contributed by atoms with Crippen LogP contribution in [0.1, 0.15) is 36.7 Å². The minimum absolute atomic E-state index is 0.0386. The predicted octanol–water partition coefficient (Wildman–Crippen LogP) is 8.02. The van der Waals surface area contributed by atoms with Crippen LogP contribution in [0.25, 0.3) is 11.0 Å². The molecule has 0 saturated heterocycles. The second-order valence-electron chi connectivity index (χ2n) is 10.8. The maximum atomic E-state index is 13.8. The third kappa shape index (κ3) is 8.41. The van der Waals surface area contributed by atoms with Gasteiger partial charge in [-0.15, -0.1) is 0 Å². The van der Waals surface area contributed by atoms with Crippen molar-refractivity contribution in [1.82, 2.24) is 14.9 Å². The number of carbonyl (C=O) groups excluding carboxylic acids is 2. The zero-order chi connectivity index (χ0) is 32.2. The molecule has 0 unspecified atom stereocenters. The highest BCUT2D eigenvalue weighted by Gasteiger charge is 2.23. The summed E-state index contributed by atoms with van der Waals surface area (Å²) in [6.45, 7) is 3.71. The van der Waals surface area contributed by atoms with Gasteiger partial charge >= 0.3 is 0 Å². The summed E-state index contributed by atoms with van der Waals surface area (Å²) in [4.78, 5) is 30.0. The van der Waals surface area contributed by atoms with E-state index >= 15 is 0 Å². The van der Waals surface area contributed by atoms with Gasteiger partial charge in [0.1, 0.15) is 12.4 Å². The van der Waals surface area contributed by atoms with E-state index < -0.39 is 37.3 Å². The molecule has 2 amide bonds. The quantitative estimate of drug-likeness (QED) is 0.138. The summed E-state index contributed by atoms with van der Waals surface area (Å²) in [6.07, 6.45) is -5.66. The van der Waals surface area contributed by atoms with Crippen LogP contribution in [-0.2, 0) is 17.9 Å². The Balaban J connectivity index is 1.73. The number of halogens is 6. The summed E-state index contributed by atoms with van der Waals surface area (Å²) in [5, 5.41) is 8.72. The smallest absolute Gasteiger partial charge is 0.272 e. The molecule has 44 heavy (non-hydrogen) atoms. The zero-order valence-corrected chi connectivity index (χ0v) is 26.2. The van der Waals surface area contributed by atoms with Gasteiger partial charge in [0.25, 0.3) is 18.8 Å². The first-order valence-corrected chi connectivity index (χ1v) is 14.5. The molecule has 0 atom stereocenters. The number of nitrogens with one attached hydrogen (secondary N) is 3. The number of benzene rings is 3. The molecule has 0 aliphatic rings. The largest absolute Gasteiger partial charge is 0.487 e. The molecule has 234 valence electrons. The Morgan fingerprint density at radius 2 is 1.73 bits per heavy atom. The summed E-state index contributed by atoms with van der Waals surface area (Å²) in [6, 6.07) is 14.1. The number of hydrogen-bond acceptors (Lipinski definition) is 5. The third-order valence-electron chi connectivity index (χ3n) is 6.29. The maximum absolute atomic E-state index is 13.8. The highest BCUT2D eigenvalue weighted by atomic mass is 79.9. The van der Waals surface area contributed by atoms with E-state index in [1.807, 2.05) is 0 Å². The van der Waals surface area contributed by atoms with Gasteiger partial charge in [-0.2, -0.15) is 0 Å². The van der Waals surface area contributed by atoms with Crippen LogP contribution in [-0.4, -0.2) is 40.8 Å². The average Bonchev–Trinajstić information content (AvgIpc) is 3.27. The lowest BCUT2D eigenvalue weighted by atomic mass is 9.95. The number of amides is 2. The minimum Gasteiger partial charge on any atom is -0.487 e. The Hall–Kier alpha value is -3.84. The molecule has 0 spiro atoms. The summed E-state index contributed by atoms with van der Waals surface area (Å²) in [5.74, 6) is -1.11. The Morgan fingerprint density at radius 3 is 2.36 bits per heavy atom. The first-order chi connectivity index (χ1) is 20.7. The Bertz CT molecular complexity index is 1660. The number of nitrogens with zero attached hydrogens (tertiary/aromatic N) is 2. The van der Waals surface area contributed by atoms with Gasteiger partial charge in [0, 0.05) is 28.2 Å². The molecular formula is C30H29BrClF4N5O3. The molecule has 1 aromatic heterocycles. The Kier molecular flexibility index (Phi) is 10.4. The van der Waals surface area contributed by atoms with E-state index in [1.165, 1.54) is 12.1 Å². The van der Waals surface area contributed by atoms with Crippen molar-refractivity contribution < 1.29 is 31.9 Å². The summed E-state index contributed by atoms with van der Waals surface area (Å²) in [7, 11) is 0. The first kappa shape index (κ1) is 33.1. The number of anilines is 3. The zero-order valence-electron chi connectivity index (χ0n) is 23.9. The third-order valence-corrected chi connectivity index (χ3v) is 7.15. The summed E-state index contributed by atoms with van der Waals surface area (Å²) < 4.78 is 60.9. The lowest BCUT2D eigenvalue weighted by Crippen LogP contribution is -2.34. The Morgan fingerprint density at radius 1 is 1.02 bits per heavy atom. The van der Waals surface area contributed by atoms with E-state index in [0.717, 1.165) is 9.04 Å². The number of imidazole rings is 1. The van der Waals surface area contributed by atoms with Gasteiger partial charge in [-0.25, -0.2) is 22.5 Å². The van der Waals surface area contributed by atoms with Crippen LogP contribution in [0, 0.1) is 5.41 Å². The normalized spacial score (nSPS) is 11.7. The molecule has 1 heterocycles.